The molecule has 0 aliphatic heterocycles. The van der Waals surface area contributed by atoms with Gasteiger partial charge < -0.3 is 29.5 Å². The van der Waals surface area contributed by atoms with Crippen LogP contribution >= 0.6 is 22.7 Å². The summed E-state index contributed by atoms with van der Waals surface area (Å²) in [5, 5.41) is 9.67. The molecule has 0 radical (unpaired) electrons. The Morgan fingerprint density at radius 2 is 0.857 bits per heavy atom. The molecule has 2 aliphatic carbocycles. The third kappa shape index (κ3) is 14.8. The van der Waals surface area contributed by atoms with Crippen molar-refractivity contribution in [2.45, 2.75) is 102 Å². The van der Waals surface area contributed by atoms with Gasteiger partial charge in [-0.15, -0.1) is 22.7 Å². The number of nitrogens with one attached hydrogen (secondary N) is 1. The van der Waals surface area contributed by atoms with Crippen molar-refractivity contribution in [1.82, 2.24) is 9.97 Å². The molecule has 2 aromatic heterocycles. The van der Waals surface area contributed by atoms with Gasteiger partial charge in [0.05, 0.1) is 36.7 Å². The number of carbonyl (C=O) groups excluding carboxylic acids is 2. The first-order chi connectivity index (χ1) is 37.6. The summed E-state index contributed by atoms with van der Waals surface area (Å²) >= 11 is 3.27. The zero-order chi connectivity index (χ0) is 53.5. The van der Waals surface area contributed by atoms with Crippen molar-refractivity contribution in [1.29, 1.82) is 0 Å². The van der Waals surface area contributed by atoms with E-state index in [4.69, 9.17) is 19.4 Å². The lowest BCUT2D eigenvalue weighted by Gasteiger charge is -2.23. The second kappa shape index (κ2) is 26.7. The van der Waals surface area contributed by atoms with E-state index in [0.717, 1.165) is 74.5 Å². The number of nitrogens with zero attached hydrogens (tertiary/aromatic N) is 5. The average Bonchev–Trinajstić information content (AvgIpc) is 4.21. The number of rotatable bonds is 18. The van der Waals surface area contributed by atoms with E-state index in [9.17, 15) is 9.59 Å². The van der Waals surface area contributed by atoms with Crippen molar-refractivity contribution < 1.29 is 19.1 Å². The summed E-state index contributed by atoms with van der Waals surface area (Å²) in [4.78, 5) is 39.6. The molecular formula is C65H72N6O4S2. The SMILES string of the molecule is COC(=O)c1ccc(CN(C)c2nc(-c3ccc(N(C)Cc4ccc(C5CCCCC5)cc4)cc3)cs2)cc1.COC(=O)c1ccc(CN(C)c2nc(-c3ccc(NCc4ccc(C5CCCCC5)cc4)cc3)cs2)cc1. The van der Waals surface area contributed by atoms with Crippen LogP contribution in [0.4, 0.5) is 21.6 Å². The molecule has 10 rings (SSSR count). The third-order valence-electron chi connectivity index (χ3n) is 15.0. The maximum atomic E-state index is 11.7. The first-order valence-electron chi connectivity index (χ1n) is 27.1. The Morgan fingerprint density at radius 1 is 0.481 bits per heavy atom. The van der Waals surface area contributed by atoms with Gasteiger partial charge in [-0.25, -0.2) is 19.6 Å². The number of thiazole rings is 2. The molecule has 10 nitrogen and oxygen atoms in total. The molecule has 2 saturated carbocycles. The van der Waals surface area contributed by atoms with E-state index >= 15 is 0 Å². The molecule has 1 N–H and O–H groups in total. The van der Waals surface area contributed by atoms with E-state index in [1.807, 2.05) is 38.4 Å². The molecule has 0 saturated heterocycles. The van der Waals surface area contributed by atoms with Crippen LogP contribution in [0.15, 0.2) is 156 Å². The van der Waals surface area contributed by atoms with Crippen LogP contribution in [-0.2, 0) is 35.7 Å². The Balaban J connectivity index is 0.000000188. The molecule has 2 fully saturated rings. The van der Waals surface area contributed by atoms with E-state index in [2.05, 4.69) is 135 Å². The van der Waals surface area contributed by atoms with Gasteiger partial charge in [0.1, 0.15) is 0 Å². The fourth-order valence-electron chi connectivity index (χ4n) is 10.4. The highest BCUT2D eigenvalue weighted by atomic mass is 32.1. The molecule has 12 heteroatoms. The maximum Gasteiger partial charge on any atom is 0.337 e. The smallest absolute Gasteiger partial charge is 0.337 e. The van der Waals surface area contributed by atoms with E-state index in [0.29, 0.717) is 24.2 Å². The number of hydrogen-bond acceptors (Lipinski definition) is 12. The van der Waals surface area contributed by atoms with Crippen LogP contribution in [0.2, 0.25) is 0 Å². The lowest BCUT2D eigenvalue weighted by Crippen LogP contribution is -2.16. The van der Waals surface area contributed by atoms with Crippen LogP contribution in [0.3, 0.4) is 0 Å². The zero-order valence-electron chi connectivity index (χ0n) is 45.3. The summed E-state index contributed by atoms with van der Waals surface area (Å²) in [7, 11) is 9.01. The van der Waals surface area contributed by atoms with Crippen LogP contribution in [0.25, 0.3) is 22.5 Å². The predicted molar refractivity (Wildman–Crippen MR) is 319 cm³/mol. The van der Waals surface area contributed by atoms with Crippen molar-refractivity contribution >= 4 is 56.3 Å². The van der Waals surface area contributed by atoms with Crippen LogP contribution in [0.5, 0.6) is 0 Å². The Labute approximate surface area is 463 Å². The molecular weight excluding hydrogens is 993 g/mol. The van der Waals surface area contributed by atoms with Crippen LogP contribution in [0.1, 0.15) is 130 Å². The monoisotopic (exact) mass is 1060 g/mol. The van der Waals surface area contributed by atoms with Gasteiger partial charge in [0.15, 0.2) is 10.3 Å². The lowest BCUT2D eigenvalue weighted by atomic mass is 9.84. The molecule has 6 aromatic carbocycles. The minimum atomic E-state index is -0.320. The highest BCUT2D eigenvalue weighted by Gasteiger charge is 2.18. The molecule has 0 amide bonds. The molecule has 0 atom stereocenters. The largest absolute Gasteiger partial charge is 0.465 e. The van der Waals surface area contributed by atoms with Crippen molar-refractivity contribution in [3.05, 3.63) is 201 Å². The van der Waals surface area contributed by atoms with Gasteiger partial charge in [-0.05, 0) is 119 Å². The standard InChI is InChI=1S/C33H37N3O2S.C32H35N3O2S/c1-35(21-24-9-13-27(14-10-24)26-7-5-4-6-8-26)30-19-17-28(18-20-30)31-23-39-33(34-31)36(2)22-25-11-15-29(16-12-25)32(37)38-3;1-35(21-24-10-14-28(15-11-24)31(36)37-2)32-34-30(22-38-32)27-16-18-29(19-17-27)33-20-23-8-12-26(13-9-23)25-6-4-3-5-7-25/h9-20,23,26H,4-8,21-22H2,1-3H3;8-19,22,25,33H,3-7,20-21H2,1-2H3. The second-order valence-corrected chi connectivity index (χ2v) is 22.3. The molecule has 77 heavy (non-hydrogen) atoms. The second-order valence-electron chi connectivity index (χ2n) is 20.6. The molecule has 8 aromatic rings. The minimum absolute atomic E-state index is 0.319. The number of carbonyl (C=O) groups is 2. The molecule has 0 spiro atoms. The summed E-state index contributed by atoms with van der Waals surface area (Å²) in [5.41, 5.74) is 15.5. The van der Waals surface area contributed by atoms with Gasteiger partial charge >= 0.3 is 11.9 Å². The van der Waals surface area contributed by atoms with Crippen molar-refractivity contribution in [2.75, 3.05) is 55.4 Å². The van der Waals surface area contributed by atoms with Crippen LogP contribution < -0.4 is 20.0 Å². The fourth-order valence-corrected chi connectivity index (χ4v) is 12.0. The quantitative estimate of drug-likeness (QED) is 0.0836. The Kier molecular flexibility index (Phi) is 18.9. The highest BCUT2D eigenvalue weighted by Crippen LogP contribution is 2.35. The lowest BCUT2D eigenvalue weighted by molar-refractivity contribution is 0.0592. The number of methoxy groups -OCH3 is 2. The van der Waals surface area contributed by atoms with Crippen molar-refractivity contribution in [2.24, 2.45) is 0 Å². The molecule has 0 unspecified atom stereocenters. The number of ether oxygens (including phenoxy) is 2. The fraction of sp³-hybridized carbons (Fsp3) is 0.323. The minimum Gasteiger partial charge on any atom is -0.465 e. The number of esters is 2. The van der Waals surface area contributed by atoms with Gasteiger partial charge in [0, 0.05) is 80.6 Å². The number of hydrogen-bond donors (Lipinski definition) is 1. The number of aromatic nitrogens is 2. The summed E-state index contributed by atoms with van der Waals surface area (Å²) in [6.45, 7) is 3.12. The van der Waals surface area contributed by atoms with E-state index in [-0.39, 0.29) is 11.9 Å². The topological polar surface area (TPSA) is 100 Å². The van der Waals surface area contributed by atoms with Gasteiger partial charge in [-0.3, -0.25) is 0 Å². The number of anilines is 4. The summed E-state index contributed by atoms with van der Waals surface area (Å²) in [5.74, 6) is 0.868. The molecule has 398 valence electrons. The van der Waals surface area contributed by atoms with Gasteiger partial charge in [0.2, 0.25) is 0 Å². The van der Waals surface area contributed by atoms with Crippen LogP contribution in [0, 0.1) is 0 Å². The third-order valence-corrected chi connectivity index (χ3v) is 17.0. The first kappa shape index (κ1) is 54.5. The van der Waals surface area contributed by atoms with Gasteiger partial charge in [-0.1, -0.05) is 136 Å². The Morgan fingerprint density at radius 3 is 1.27 bits per heavy atom. The summed E-state index contributed by atoms with van der Waals surface area (Å²) in [6.07, 6.45) is 13.6. The zero-order valence-corrected chi connectivity index (χ0v) is 46.9. The molecule has 2 aliphatic rings. The molecule has 2 heterocycles. The van der Waals surface area contributed by atoms with E-state index in [1.54, 1.807) is 46.9 Å². The average molecular weight is 1070 g/mol. The highest BCUT2D eigenvalue weighted by molar-refractivity contribution is 7.14. The molecule has 0 bridgehead atoms. The van der Waals surface area contributed by atoms with E-state index < -0.39 is 0 Å². The predicted octanol–water partition coefficient (Wildman–Crippen LogP) is 15.8. The summed E-state index contributed by atoms with van der Waals surface area (Å²) in [6, 6.07) is 50.6. The van der Waals surface area contributed by atoms with Crippen LogP contribution in [-0.4, -0.2) is 57.3 Å². The number of benzene rings is 6. The Bertz CT molecular complexity index is 3110. The van der Waals surface area contributed by atoms with E-state index in [1.165, 1.54) is 106 Å². The van der Waals surface area contributed by atoms with Crippen molar-refractivity contribution in [3.8, 4) is 22.5 Å². The van der Waals surface area contributed by atoms with Gasteiger partial charge in [0.25, 0.3) is 0 Å². The van der Waals surface area contributed by atoms with Crippen molar-refractivity contribution in [3.63, 3.8) is 0 Å². The summed E-state index contributed by atoms with van der Waals surface area (Å²) < 4.78 is 9.55. The maximum absolute atomic E-state index is 11.7. The Hall–Kier alpha value is -7.28. The van der Waals surface area contributed by atoms with Gasteiger partial charge in [-0.2, -0.15) is 0 Å². The first-order valence-corrected chi connectivity index (χ1v) is 28.9. The normalized spacial score (nSPS) is 13.7.